The van der Waals surface area contributed by atoms with Gasteiger partial charge in [-0.1, -0.05) is 74.5 Å². The normalized spacial score (nSPS) is 13.4. The molecule has 0 bridgehead atoms. The van der Waals surface area contributed by atoms with Gasteiger partial charge in [0.05, 0.1) is 12.0 Å². The number of aromatic carboxylic acids is 1. The molecule has 0 aromatic heterocycles. The van der Waals surface area contributed by atoms with Crippen LogP contribution >= 0.6 is 0 Å². The highest BCUT2D eigenvalue weighted by atomic mass is 16.4. The van der Waals surface area contributed by atoms with Crippen molar-refractivity contribution < 1.29 is 33.9 Å². The first-order chi connectivity index (χ1) is 21.4. The molecular weight excluding hydrogens is 576 g/mol. The third-order valence-electron chi connectivity index (χ3n) is 7.41. The first kappa shape index (κ1) is 34.2. The number of hydrogen-bond acceptors (Lipinski definition) is 6. The van der Waals surface area contributed by atoms with Gasteiger partial charge in [0.2, 0.25) is 17.7 Å². The summed E-state index contributed by atoms with van der Waals surface area (Å²) in [6, 6.07) is 21.5. The van der Waals surface area contributed by atoms with Crippen molar-refractivity contribution in [3.05, 3.63) is 107 Å². The molecule has 0 saturated heterocycles. The summed E-state index contributed by atoms with van der Waals surface area (Å²) in [6.07, 6.45) is 0.287. The molecule has 0 saturated carbocycles. The minimum absolute atomic E-state index is 0.0187. The summed E-state index contributed by atoms with van der Waals surface area (Å²) in [5, 5.41) is 19.9. The summed E-state index contributed by atoms with van der Waals surface area (Å²) in [5.74, 6) is -3.90. The van der Waals surface area contributed by atoms with E-state index in [9.17, 15) is 33.9 Å². The van der Waals surface area contributed by atoms with Gasteiger partial charge in [0.25, 0.3) is 5.91 Å². The van der Waals surface area contributed by atoms with Crippen LogP contribution in [0.25, 0.3) is 0 Å². The van der Waals surface area contributed by atoms with Crippen molar-refractivity contribution in [3.63, 3.8) is 0 Å². The molecule has 0 aliphatic rings. The van der Waals surface area contributed by atoms with Crippen LogP contribution in [0.1, 0.15) is 59.0 Å². The maximum absolute atomic E-state index is 13.4. The van der Waals surface area contributed by atoms with E-state index in [2.05, 4.69) is 21.3 Å². The summed E-state index contributed by atoms with van der Waals surface area (Å²) in [5.41, 5.74) is 0.196. The Kier molecular flexibility index (Phi) is 12.1. The molecule has 3 rings (SSSR count). The largest absolute Gasteiger partial charge is 0.478 e. The smallest absolute Gasteiger partial charge is 0.335 e. The van der Waals surface area contributed by atoms with Crippen molar-refractivity contribution in [3.8, 4) is 0 Å². The molecule has 0 aliphatic carbocycles. The monoisotopic (exact) mass is 614 g/mol. The van der Waals surface area contributed by atoms with Crippen molar-refractivity contribution in [1.82, 2.24) is 21.3 Å². The third kappa shape index (κ3) is 9.85. The Morgan fingerprint density at radius 1 is 0.778 bits per heavy atom. The van der Waals surface area contributed by atoms with Crippen LogP contribution in [0.15, 0.2) is 84.9 Å². The quantitative estimate of drug-likeness (QED) is 0.164. The number of carbonyl (C=O) groups is 6. The van der Waals surface area contributed by atoms with Gasteiger partial charge in [-0.15, -0.1) is 0 Å². The molecule has 3 unspecified atom stereocenters. The summed E-state index contributed by atoms with van der Waals surface area (Å²) in [6.45, 7) is 4.81. The van der Waals surface area contributed by atoms with Crippen molar-refractivity contribution in [1.29, 1.82) is 0 Å². The lowest BCUT2D eigenvalue weighted by Crippen LogP contribution is -2.61. The van der Waals surface area contributed by atoms with Crippen LogP contribution < -0.4 is 21.3 Å². The van der Waals surface area contributed by atoms with E-state index in [4.69, 9.17) is 0 Å². The Balaban J connectivity index is 1.68. The van der Waals surface area contributed by atoms with Crippen LogP contribution in [0.3, 0.4) is 0 Å². The van der Waals surface area contributed by atoms with Gasteiger partial charge in [-0.2, -0.15) is 0 Å². The van der Waals surface area contributed by atoms with Crippen LogP contribution in [-0.2, 0) is 32.1 Å². The van der Waals surface area contributed by atoms with Crippen molar-refractivity contribution >= 4 is 35.9 Å². The Hall–Kier alpha value is -5.32. The van der Waals surface area contributed by atoms with Gasteiger partial charge in [-0.05, 0) is 48.2 Å². The second-order valence-corrected chi connectivity index (χ2v) is 11.1. The molecule has 5 N–H and O–H groups in total. The average Bonchev–Trinajstić information content (AvgIpc) is 3.03. The van der Waals surface area contributed by atoms with Gasteiger partial charge >= 0.3 is 5.97 Å². The van der Waals surface area contributed by atoms with Crippen LogP contribution in [0.2, 0.25) is 0 Å². The van der Waals surface area contributed by atoms with E-state index in [-0.39, 0.29) is 24.9 Å². The van der Waals surface area contributed by atoms with Gasteiger partial charge in [0.1, 0.15) is 23.9 Å². The molecule has 0 radical (unpaired) electrons. The standard InChI is InChI=1S/C34H38N4O7/c1-22(2)34(21-39,19-29(40)35-20-25-13-10-16-27(17-25)33(44)45)38-30(41)23(3)36-32(43)28(18-24-11-6-4-7-12-24)37-31(42)26-14-8-5-9-15-26/h4-17,21-23,28H,18-20H2,1-3H3,(H,35,40)(H,36,43)(H,37,42)(H,38,41)(H,44,45). The fraction of sp³-hybridized carbons (Fsp3) is 0.294. The molecule has 11 nitrogen and oxygen atoms in total. The molecule has 45 heavy (non-hydrogen) atoms. The summed E-state index contributed by atoms with van der Waals surface area (Å²) in [4.78, 5) is 76.0. The number of nitrogens with one attached hydrogen (secondary N) is 4. The molecule has 236 valence electrons. The van der Waals surface area contributed by atoms with Crippen LogP contribution in [0.5, 0.6) is 0 Å². The number of carboxylic acid groups (broad SMARTS) is 1. The summed E-state index contributed by atoms with van der Waals surface area (Å²) < 4.78 is 0. The maximum atomic E-state index is 13.4. The van der Waals surface area contributed by atoms with Crippen molar-refractivity contribution in [2.45, 2.75) is 57.8 Å². The molecule has 4 amide bonds. The topological polar surface area (TPSA) is 171 Å². The van der Waals surface area contributed by atoms with E-state index >= 15 is 0 Å². The van der Waals surface area contributed by atoms with Gasteiger partial charge in [0.15, 0.2) is 0 Å². The molecule has 11 heteroatoms. The number of amides is 4. The second kappa shape index (κ2) is 15.9. The maximum Gasteiger partial charge on any atom is 0.335 e. The zero-order valence-corrected chi connectivity index (χ0v) is 25.4. The average molecular weight is 615 g/mol. The number of hydrogen-bond donors (Lipinski definition) is 5. The van der Waals surface area contributed by atoms with Crippen molar-refractivity contribution in [2.24, 2.45) is 5.92 Å². The Bertz CT molecular complexity index is 1510. The number of aldehydes is 1. The highest BCUT2D eigenvalue weighted by Crippen LogP contribution is 2.20. The lowest BCUT2D eigenvalue weighted by Gasteiger charge is -2.34. The van der Waals surface area contributed by atoms with Gasteiger partial charge in [0, 0.05) is 18.5 Å². The van der Waals surface area contributed by atoms with Gasteiger partial charge in [-0.25, -0.2) is 4.79 Å². The highest BCUT2D eigenvalue weighted by molar-refractivity contribution is 5.99. The molecule has 3 atom stereocenters. The predicted octanol–water partition coefficient (Wildman–Crippen LogP) is 2.65. The number of carbonyl (C=O) groups excluding carboxylic acids is 5. The summed E-state index contributed by atoms with van der Waals surface area (Å²) >= 11 is 0. The molecule has 0 fully saturated rings. The van der Waals surface area contributed by atoms with Gasteiger partial charge < -0.3 is 31.2 Å². The predicted molar refractivity (Wildman–Crippen MR) is 167 cm³/mol. The lowest BCUT2D eigenvalue weighted by molar-refractivity contribution is -0.134. The zero-order chi connectivity index (χ0) is 33.0. The number of rotatable bonds is 15. The Morgan fingerprint density at radius 3 is 1.98 bits per heavy atom. The van der Waals surface area contributed by atoms with Crippen LogP contribution in [-0.4, -0.2) is 58.6 Å². The Morgan fingerprint density at radius 2 is 1.38 bits per heavy atom. The van der Waals surface area contributed by atoms with E-state index in [1.807, 2.05) is 30.3 Å². The zero-order valence-electron chi connectivity index (χ0n) is 25.4. The highest BCUT2D eigenvalue weighted by Gasteiger charge is 2.39. The third-order valence-corrected chi connectivity index (χ3v) is 7.41. The van der Waals surface area contributed by atoms with Crippen molar-refractivity contribution in [2.75, 3.05) is 0 Å². The molecular formula is C34H38N4O7. The first-order valence-electron chi connectivity index (χ1n) is 14.5. The lowest BCUT2D eigenvalue weighted by atomic mass is 9.84. The number of carboxylic acids is 1. The van der Waals surface area contributed by atoms with Crippen LogP contribution in [0.4, 0.5) is 0 Å². The second-order valence-electron chi connectivity index (χ2n) is 11.1. The molecule has 0 spiro atoms. The Labute approximate surface area is 261 Å². The molecule has 3 aromatic rings. The molecule has 0 aliphatic heterocycles. The van der Waals surface area contributed by atoms with E-state index in [1.165, 1.54) is 19.1 Å². The van der Waals surface area contributed by atoms with E-state index in [1.54, 1.807) is 56.3 Å². The van der Waals surface area contributed by atoms with E-state index in [0.717, 1.165) is 5.56 Å². The number of benzene rings is 3. The molecule has 3 aromatic carbocycles. The first-order valence-corrected chi connectivity index (χ1v) is 14.5. The minimum Gasteiger partial charge on any atom is -0.478 e. The van der Waals surface area contributed by atoms with Crippen LogP contribution in [0, 0.1) is 5.92 Å². The fourth-order valence-corrected chi connectivity index (χ4v) is 4.55. The van der Waals surface area contributed by atoms with E-state index < -0.39 is 53.1 Å². The SMILES string of the molecule is CC(NC(=O)C(Cc1ccccc1)NC(=O)c1ccccc1)C(=O)NC(C=O)(CC(=O)NCc1cccc(C(=O)O)c1)C(C)C. The van der Waals surface area contributed by atoms with Gasteiger partial charge in [-0.3, -0.25) is 19.2 Å². The minimum atomic E-state index is -1.59. The molecule has 0 heterocycles. The summed E-state index contributed by atoms with van der Waals surface area (Å²) in [7, 11) is 0. The fourth-order valence-electron chi connectivity index (χ4n) is 4.55. The van der Waals surface area contributed by atoms with E-state index in [0.29, 0.717) is 17.4 Å².